The summed E-state index contributed by atoms with van der Waals surface area (Å²) in [7, 11) is 0. The summed E-state index contributed by atoms with van der Waals surface area (Å²) in [6.07, 6.45) is 0.288. The zero-order valence-electron chi connectivity index (χ0n) is 15.2. The number of benzene rings is 2. The molecular weight excluding hydrogens is 312 g/mol. The summed E-state index contributed by atoms with van der Waals surface area (Å²) in [4.78, 5) is 26.8. The maximum absolute atomic E-state index is 12.9. The summed E-state index contributed by atoms with van der Waals surface area (Å²) < 4.78 is 0. The fourth-order valence-electron chi connectivity index (χ4n) is 2.67. The first-order valence-corrected chi connectivity index (χ1v) is 8.68. The summed E-state index contributed by atoms with van der Waals surface area (Å²) in [5, 5.41) is 2.81. The summed E-state index contributed by atoms with van der Waals surface area (Å²) in [6.45, 7) is 6.65. The van der Waals surface area contributed by atoms with Gasteiger partial charge in [0, 0.05) is 13.1 Å². The van der Waals surface area contributed by atoms with Crippen LogP contribution in [0.3, 0.4) is 0 Å². The van der Waals surface area contributed by atoms with Crippen LogP contribution in [-0.4, -0.2) is 29.3 Å². The normalized spacial score (nSPS) is 11.6. The second kappa shape index (κ2) is 9.02. The number of hydrogen-bond donors (Lipinski definition) is 1. The molecule has 25 heavy (non-hydrogen) atoms. The molecule has 1 atom stereocenters. The van der Waals surface area contributed by atoms with Crippen molar-refractivity contribution in [3.05, 3.63) is 71.3 Å². The van der Waals surface area contributed by atoms with Crippen LogP contribution in [-0.2, 0) is 22.6 Å². The Balaban J connectivity index is 2.19. The molecule has 0 saturated carbocycles. The van der Waals surface area contributed by atoms with Crippen molar-refractivity contribution in [1.82, 2.24) is 10.2 Å². The fourth-order valence-corrected chi connectivity index (χ4v) is 2.67. The van der Waals surface area contributed by atoms with Crippen molar-refractivity contribution in [1.29, 1.82) is 0 Å². The third-order valence-electron chi connectivity index (χ3n) is 4.19. The van der Waals surface area contributed by atoms with Crippen LogP contribution in [0.1, 0.15) is 30.5 Å². The lowest BCUT2D eigenvalue weighted by Gasteiger charge is -2.29. The lowest BCUT2D eigenvalue weighted by molar-refractivity contribution is -0.140. The fraction of sp³-hybridized carbons (Fsp3) is 0.333. The van der Waals surface area contributed by atoms with Crippen LogP contribution in [0, 0.1) is 6.92 Å². The number of likely N-dealkylation sites (N-methyl/N-ethyl adjacent to an activating group) is 1. The average molecular weight is 338 g/mol. The highest BCUT2D eigenvalue weighted by molar-refractivity contribution is 5.88. The Hall–Kier alpha value is -2.62. The van der Waals surface area contributed by atoms with Crippen molar-refractivity contribution in [2.75, 3.05) is 6.54 Å². The Morgan fingerprint density at radius 2 is 1.64 bits per heavy atom. The topological polar surface area (TPSA) is 49.4 Å². The van der Waals surface area contributed by atoms with Crippen molar-refractivity contribution >= 4 is 11.8 Å². The molecule has 1 unspecified atom stereocenters. The molecule has 132 valence electrons. The number of nitrogens with zero attached hydrogens (tertiary/aromatic N) is 1. The maximum Gasteiger partial charge on any atom is 0.242 e. The van der Waals surface area contributed by atoms with E-state index in [1.807, 2.05) is 68.4 Å². The lowest BCUT2D eigenvalue weighted by Crippen LogP contribution is -2.48. The minimum atomic E-state index is -0.516. The van der Waals surface area contributed by atoms with E-state index in [1.165, 1.54) is 5.56 Å². The van der Waals surface area contributed by atoms with Gasteiger partial charge in [-0.1, -0.05) is 60.2 Å². The first kappa shape index (κ1) is 18.7. The predicted octanol–water partition coefficient (Wildman–Crippen LogP) is 3.09. The van der Waals surface area contributed by atoms with Gasteiger partial charge in [0.1, 0.15) is 6.04 Å². The molecule has 0 bridgehead atoms. The number of carbonyl (C=O) groups excluding carboxylic acids is 2. The van der Waals surface area contributed by atoms with Crippen LogP contribution < -0.4 is 5.32 Å². The second-order valence-corrected chi connectivity index (χ2v) is 6.24. The lowest BCUT2D eigenvalue weighted by atomic mass is 10.1. The van der Waals surface area contributed by atoms with Gasteiger partial charge in [-0.3, -0.25) is 9.59 Å². The minimum absolute atomic E-state index is 0.0504. The van der Waals surface area contributed by atoms with E-state index in [0.717, 1.165) is 11.1 Å². The van der Waals surface area contributed by atoms with Gasteiger partial charge < -0.3 is 10.2 Å². The molecule has 4 heteroatoms. The van der Waals surface area contributed by atoms with Gasteiger partial charge in [0.2, 0.25) is 11.8 Å². The van der Waals surface area contributed by atoms with Gasteiger partial charge in [0.25, 0.3) is 0 Å². The number of nitrogens with one attached hydrogen (secondary N) is 1. The van der Waals surface area contributed by atoms with E-state index >= 15 is 0 Å². The molecule has 0 fully saturated rings. The standard InChI is InChI=1S/C21H26N2O2/c1-4-22-21(25)17(3)23(15-19-12-10-16(2)11-13-19)20(24)14-18-8-6-5-7-9-18/h5-13,17H,4,14-15H2,1-3H3,(H,22,25). The van der Waals surface area contributed by atoms with Crippen molar-refractivity contribution in [3.8, 4) is 0 Å². The third-order valence-corrected chi connectivity index (χ3v) is 4.19. The Morgan fingerprint density at radius 1 is 1.00 bits per heavy atom. The van der Waals surface area contributed by atoms with E-state index in [2.05, 4.69) is 5.32 Å². The monoisotopic (exact) mass is 338 g/mol. The Bertz CT molecular complexity index is 696. The van der Waals surface area contributed by atoms with Crippen LogP contribution >= 0.6 is 0 Å². The largest absolute Gasteiger partial charge is 0.355 e. The molecule has 2 aromatic rings. The third kappa shape index (κ3) is 5.45. The molecule has 0 radical (unpaired) electrons. The number of rotatable bonds is 7. The molecule has 2 rings (SSSR count). The number of carbonyl (C=O) groups is 2. The van der Waals surface area contributed by atoms with Gasteiger partial charge in [-0.25, -0.2) is 0 Å². The molecule has 0 aliphatic heterocycles. The molecule has 1 N–H and O–H groups in total. The molecule has 0 aliphatic carbocycles. The van der Waals surface area contributed by atoms with E-state index in [9.17, 15) is 9.59 Å². The van der Waals surface area contributed by atoms with Crippen LogP contribution in [0.2, 0.25) is 0 Å². The van der Waals surface area contributed by atoms with Crippen LogP contribution in [0.5, 0.6) is 0 Å². The molecule has 0 spiro atoms. The van der Waals surface area contributed by atoms with Crippen LogP contribution in [0.25, 0.3) is 0 Å². The maximum atomic E-state index is 12.9. The Morgan fingerprint density at radius 3 is 2.24 bits per heavy atom. The summed E-state index contributed by atoms with van der Waals surface area (Å²) in [5.74, 6) is -0.179. The Labute approximate surface area is 149 Å². The molecule has 0 aromatic heterocycles. The second-order valence-electron chi connectivity index (χ2n) is 6.24. The van der Waals surface area contributed by atoms with Gasteiger partial charge in [-0.2, -0.15) is 0 Å². The quantitative estimate of drug-likeness (QED) is 0.843. The Kier molecular flexibility index (Phi) is 6.75. The van der Waals surface area contributed by atoms with Crippen molar-refractivity contribution in [2.24, 2.45) is 0 Å². The van der Waals surface area contributed by atoms with E-state index in [0.29, 0.717) is 13.1 Å². The molecule has 2 amide bonds. The van der Waals surface area contributed by atoms with Crippen LogP contribution in [0.4, 0.5) is 0 Å². The molecular formula is C21H26N2O2. The number of aryl methyl sites for hydroxylation is 1. The van der Waals surface area contributed by atoms with Crippen LogP contribution in [0.15, 0.2) is 54.6 Å². The highest BCUT2D eigenvalue weighted by Crippen LogP contribution is 2.13. The van der Waals surface area contributed by atoms with Crippen molar-refractivity contribution in [2.45, 2.75) is 39.8 Å². The molecule has 4 nitrogen and oxygen atoms in total. The van der Waals surface area contributed by atoms with Crippen molar-refractivity contribution in [3.63, 3.8) is 0 Å². The first-order valence-electron chi connectivity index (χ1n) is 8.68. The van der Waals surface area contributed by atoms with Gasteiger partial charge in [0.15, 0.2) is 0 Å². The molecule has 0 saturated heterocycles. The number of amides is 2. The summed E-state index contributed by atoms with van der Waals surface area (Å²) >= 11 is 0. The number of hydrogen-bond acceptors (Lipinski definition) is 2. The summed E-state index contributed by atoms with van der Waals surface area (Å²) in [6, 6.07) is 17.1. The minimum Gasteiger partial charge on any atom is -0.355 e. The van der Waals surface area contributed by atoms with Gasteiger partial charge in [0.05, 0.1) is 6.42 Å². The highest BCUT2D eigenvalue weighted by Gasteiger charge is 2.25. The van der Waals surface area contributed by atoms with Gasteiger partial charge in [-0.05, 0) is 31.9 Å². The van der Waals surface area contributed by atoms with E-state index in [4.69, 9.17) is 0 Å². The highest BCUT2D eigenvalue weighted by atomic mass is 16.2. The van der Waals surface area contributed by atoms with E-state index in [1.54, 1.807) is 11.8 Å². The smallest absolute Gasteiger partial charge is 0.242 e. The molecule has 2 aromatic carbocycles. The molecule has 0 heterocycles. The van der Waals surface area contributed by atoms with E-state index < -0.39 is 6.04 Å². The predicted molar refractivity (Wildman–Crippen MR) is 100 cm³/mol. The zero-order chi connectivity index (χ0) is 18.2. The summed E-state index contributed by atoms with van der Waals surface area (Å²) in [5.41, 5.74) is 3.13. The van der Waals surface area contributed by atoms with Gasteiger partial charge >= 0.3 is 0 Å². The first-order chi connectivity index (χ1) is 12.0. The van der Waals surface area contributed by atoms with Crippen molar-refractivity contribution < 1.29 is 9.59 Å². The SMILES string of the molecule is CCNC(=O)C(C)N(Cc1ccc(C)cc1)C(=O)Cc1ccccc1. The van der Waals surface area contributed by atoms with Gasteiger partial charge in [-0.15, -0.1) is 0 Å². The zero-order valence-corrected chi connectivity index (χ0v) is 15.2. The average Bonchev–Trinajstić information content (AvgIpc) is 2.61. The van der Waals surface area contributed by atoms with E-state index in [-0.39, 0.29) is 18.2 Å². The molecule has 0 aliphatic rings.